The monoisotopic (exact) mass is 222 g/mol. The van der Waals surface area contributed by atoms with Gasteiger partial charge in [-0.3, -0.25) is 0 Å². The van der Waals surface area contributed by atoms with Crippen LogP contribution in [-0.2, 0) is 0 Å². The van der Waals surface area contributed by atoms with E-state index in [4.69, 9.17) is 4.74 Å². The van der Waals surface area contributed by atoms with Crippen molar-refractivity contribution in [1.29, 1.82) is 0 Å². The van der Waals surface area contributed by atoms with E-state index in [9.17, 15) is 9.50 Å². The van der Waals surface area contributed by atoms with Gasteiger partial charge in [-0.15, -0.1) is 11.8 Å². The normalized spacial score (nSPS) is 11.5. The molecule has 1 rings (SSSR count). The molecule has 1 aromatic carbocycles. The lowest BCUT2D eigenvalue weighted by Crippen LogP contribution is -1.99. The van der Waals surface area contributed by atoms with Crippen molar-refractivity contribution in [1.82, 2.24) is 0 Å². The molecule has 0 saturated carbocycles. The molecule has 1 N–H and O–H groups in total. The van der Waals surface area contributed by atoms with Gasteiger partial charge >= 0.3 is 0 Å². The minimum atomic E-state index is -0.672. The first kappa shape index (κ1) is 12.5. The quantitative estimate of drug-likeness (QED) is 0.627. The molecule has 16 heavy (non-hydrogen) atoms. The molecule has 0 amide bonds. The van der Waals surface area contributed by atoms with E-state index >= 15 is 0 Å². The Labute approximate surface area is 95.1 Å². The Balaban J connectivity index is 2.63. The van der Waals surface area contributed by atoms with Crippen molar-refractivity contribution < 1.29 is 14.2 Å². The van der Waals surface area contributed by atoms with Gasteiger partial charge in [-0.2, -0.15) is 0 Å². The first-order valence-electron chi connectivity index (χ1n) is 5.15. The molecule has 0 aliphatic heterocycles. The topological polar surface area (TPSA) is 29.5 Å². The number of aliphatic hydroxyl groups is 1. The van der Waals surface area contributed by atoms with Gasteiger partial charge in [0.1, 0.15) is 0 Å². The van der Waals surface area contributed by atoms with Gasteiger partial charge in [0, 0.05) is 6.42 Å². The zero-order valence-corrected chi connectivity index (χ0v) is 9.46. The highest BCUT2D eigenvalue weighted by molar-refractivity contribution is 5.30. The zero-order chi connectivity index (χ0) is 12.0. The Kier molecular flexibility index (Phi) is 4.81. The standard InChI is InChI=1S/C13H15FO2/c1-3-4-5-8-16-13-7-6-11(10(2)15)9-12(13)14/h6-7,9-10,15H,5,8H2,1-2H3/t10-/m0/s1. The molecule has 0 aromatic heterocycles. The van der Waals surface area contributed by atoms with Gasteiger partial charge in [-0.1, -0.05) is 6.07 Å². The van der Waals surface area contributed by atoms with E-state index in [0.717, 1.165) is 0 Å². The Morgan fingerprint density at radius 2 is 2.25 bits per heavy atom. The summed E-state index contributed by atoms with van der Waals surface area (Å²) in [6.07, 6.45) is -0.0943. The molecular weight excluding hydrogens is 207 g/mol. The number of ether oxygens (including phenoxy) is 1. The molecule has 0 heterocycles. The summed E-state index contributed by atoms with van der Waals surface area (Å²) in [4.78, 5) is 0. The van der Waals surface area contributed by atoms with Gasteiger partial charge in [0.05, 0.1) is 12.7 Å². The molecule has 1 aromatic rings. The average molecular weight is 222 g/mol. The SMILES string of the molecule is CC#CCCOc1ccc([C@H](C)O)cc1F. The van der Waals surface area contributed by atoms with Gasteiger partial charge < -0.3 is 9.84 Å². The van der Waals surface area contributed by atoms with Crippen molar-refractivity contribution in [3.05, 3.63) is 29.6 Å². The van der Waals surface area contributed by atoms with Crippen LogP contribution in [0.25, 0.3) is 0 Å². The molecule has 86 valence electrons. The Morgan fingerprint density at radius 3 is 2.81 bits per heavy atom. The molecular formula is C13H15FO2. The van der Waals surface area contributed by atoms with E-state index < -0.39 is 11.9 Å². The fourth-order valence-electron chi connectivity index (χ4n) is 1.23. The third-order valence-corrected chi connectivity index (χ3v) is 2.10. The number of hydrogen-bond acceptors (Lipinski definition) is 2. The lowest BCUT2D eigenvalue weighted by Gasteiger charge is -2.08. The third kappa shape index (κ3) is 3.56. The molecule has 0 fully saturated rings. The van der Waals surface area contributed by atoms with Crippen LogP contribution >= 0.6 is 0 Å². The molecule has 0 unspecified atom stereocenters. The van der Waals surface area contributed by atoms with E-state index in [-0.39, 0.29) is 5.75 Å². The molecule has 2 nitrogen and oxygen atoms in total. The van der Waals surface area contributed by atoms with E-state index in [1.54, 1.807) is 19.9 Å². The van der Waals surface area contributed by atoms with Crippen molar-refractivity contribution in [2.24, 2.45) is 0 Å². The van der Waals surface area contributed by atoms with E-state index in [0.29, 0.717) is 18.6 Å². The van der Waals surface area contributed by atoms with Gasteiger partial charge in [0.2, 0.25) is 0 Å². The molecule has 0 saturated heterocycles. The number of hydrogen-bond donors (Lipinski definition) is 1. The summed E-state index contributed by atoms with van der Waals surface area (Å²) in [6, 6.07) is 4.46. The fourth-order valence-corrected chi connectivity index (χ4v) is 1.23. The van der Waals surface area contributed by atoms with Gasteiger partial charge in [0.25, 0.3) is 0 Å². The second-order valence-electron chi connectivity index (χ2n) is 3.39. The zero-order valence-electron chi connectivity index (χ0n) is 9.46. The second-order valence-corrected chi connectivity index (χ2v) is 3.39. The minimum absolute atomic E-state index is 0.197. The smallest absolute Gasteiger partial charge is 0.165 e. The van der Waals surface area contributed by atoms with Gasteiger partial charge in [0.15, 0.2) is 11.6 Å². The molecule has 3 heteroatoms. The maximum absolute atomic E-state index is 13.4. The highest BCUT2D eigenvalue weighted by atomic mass is 19.1. The van der Waals surface area contributed by atoms with Crippen LogP contribution in [0.5, 0.6) is 5.75 Å². The third-order valence-electron chi connectivity index (χ3n) is 2.10. The Bertz CT molecular complexity index is 402. The predicted octanol–water partition coefficient (Wildman–Crippen LogP) is 2.67. The number of aliphatic hydroxyl groups excluding tert-OH is 1. The van der Waals surface area contributed by atoms with Crippen LogP contribution in [0.1, 0.15) is 31.9 Å². The summed E-state index contributed by atoms with van der Waals surface area (Å²) in [5, 5.41) is 9.26. The summed E-state index contributed by atoms with van der Waals surface area (Å²) in [7, 11) is 0. The van der Waals surface area contributed by atoms with Crippen LogP contribution in [0.4, 0.5) is 4.39 Å². The largest absolute Gasteiger partial charge is 0.490 e. The maximum Gasteiger partial charge on any atom is 0.165 e. The van der Waals surface area contributed by atoms with Crippen LogP contribution in [0.2, 0.25) is 0 Å². The second kappa shape index (κ2) is 6.14. The molecule has 0 bridgehead atoms. The van der Waals surface area contributed by atoms with Crippen LogP contribution in [-0.4, -0.2) is 11.7 Å². The molecule has 1 atom stereocenters. The Morgan fingerprint density at radius 1 is 1.50 bits per heavy atom. The maximum atomic E-state index is 13.4. The lowest BCUT2D eigenvalue weighted by molar-refractivity contribution is 0.198. The highest BCUT2D eigenvalue weighted by Gasteiger charge is 2.07. The summed E-state index contributed by atoms with van der Waals surface area (Å²) in [6.45, 7) is 3.70. The van der Waals surface area contributed by atoms with Gasteiger partial charge in [-0.05, 0) is 31.5 Å². The number of halogens is 1. The van der Waals surface area contributed by atoms with E-state index in [1.165, 1.54) is 12.1 Å². The fraction of sp³-hybridized carbons (Fsp3) is 0.385. The van der Waals surface area contributed by atoms with Crippen molar-refractivity contribution in [2.75, 3.05) is 6.61 Å². The number of rotatable bonds is 4. The van der Waals surface area contributed by atoms with Crippen LogP contribution in [0.3, 0.4) is 0 Å². The van der Waals surface area contributed by atoms with Crippen molar-refractivity contribution in [2.45, 2.75) is 26.4 Å². The van der Waals surface area contributed by atoms with Crippen LogP contribution in [0.15, 0.2) is 18.2 Å². The summed E-state index contributed by atoms with van der Waals surface area (Å²) < 4.78 is 18.7. The predicted molar refractivity (Wildman–Crippen MR) is 60.6 cm³/mol. The summed E-state index contributed by atoms with van der Waals surface area (Å²) >= 11 is 0. The Hall–Kier alpha value is -1.53. The molecule has 0 aliphatic carbocycles. The first-order chi connectivity index (χ1) is 7.65. The van der Waals surface area contributed by atoms with Crippen molar-refractivity contribution in [3.8, 4) is 17.6 Å². The van der Waals surface area contributed by atoms with Crippen molar-refractivity contribution >= 4 is 0 Å². The van der Waals surface area contributed by atoms with E-state index in [1.807, 2.05) is 0 Å². The van der Waals surface area contributed by atoms with Crippen molar-refractivity contribution in [3.63, 3.8) is 0 Å². The molecule has 0 radical (unpaired) electrons. The van der Waals surface area contributed by atoms with Crippen LogP contribution in [0, 0.1) is 17.7 Å². The number of benzene rings is 1. The lowest BCUT2D eigenvalue weighted by atomic mass is 10.1. The van der Waals surface area contributed by atoms with Crippen LogP contribution < -0.4 is 4.74 Å². The summed E-state index contributed by atoms with van der Waals surface area (Å²) in [5.41, 5.74) is 0.540. The van der Waals surface area contributed by atoms with E-state index in [2.05, 4.69) is 11.8 Å². The average Bonchev–Trinajstić information content (AvgIpc) is 2.26. The minimum Gasteiger partial charge on any atom is -0.490 e. The van der Waals surface area contributed by atoms with Gasteiger partial charge in [-0.25, -0.2) is 4.39 Å². The highest BCUT2D eigenvalue weighted by Crippen LogP contribution is 2.21. The molecule has 0 spiro atoms. The summed E-state index contributed by atoms with van der Waals surface area (Å²) in [5.74, 6) is 5.31. The molecule has 0 aliphatic rings. The first-order valence-corrected chi connectivity index (χ1v) is 5.15.